The van der Waals surface area contributed by atoms with Crippen LogP contribution in [0, 0.1) is 5.92 Å². The highest BCUT2D eigenvalue weighted by Gasteiger charge is 2.26. The summed E-state index contributed by atoms with van der Waals surface area (Å²) in [6.45, 7) is 5.89. The van der Waals surface area contributed by atoms with Crippen LogP contribution >= 0.6 is 0 Å². The van der Waals surface area contributed by atoms with Crippen LogP contribution < -0.4 is 15.0 Å². The van der Waals surface area contributed by atoms with Crippen LogP contribution in [0.1, 0.15) is 13.3 Å². The molecule has 1 aliphatic rings. The molecule has 20 heavy (non-hydrogen) atoms. The van der Waals surface area contributed by atoms with E-state index in [4.69, 9.17) is 9.47 Å². The van der Waals surface area contributed by atoms with Gasteiger partial charge >= 0.3 is 0 Å². The largest absolute Gasteiger partial charge is 0.497 e. The van der Waals surface area contributed by atoms with Gasteiger partial charge in [0.2, 0.25) is 0 Å². The molecule has 1 heterocycles. The van der Waals surface area contributed by atoms with Crippen LogP contribution in [0.4, 0.5) is 5.69 Å². The Balaban J connectivity index is 1.99. The summed E-state index contributed by atoms with van der Waals surface area (Å²) in [5, 5.41) is 3.58. The van der Waals surface area contributed by atoms with E-state index in [1.807, 2.05) is 12.1 Å². The van der Waals surface area contributed by atoms with E-state index in [-0.39, 0.29) is 0 Å². The van der Waals surface area contributed by atoms with E-state index in [0.717, 1.165) is 38.5 Å². The van der Waals surface area contributed by atoms with Crippen molar-refractivity contribution in [3.63, 3.8) is 0 Å². The van der Waals surface area contributed by atoms with Gasteiger partial charge < -0.3 is 19.7 Å². The first-order chi connectivity index (χ1) is 9.74. The fraction of sp³-hybridized carbons (Fsp3) is 0.625. The van der Waals surface area contributed by atoms with Crippen molar-refractivity contribution < 1.29 is 9.47 Å². The molecule has 1 fully saturated rings. The Morgan fingerprint density at radius 1 is 1.45 bits per heavy atom. The maximum Gasteiger partial charge on any atom is 0.120 e. The summed E-state index contributed by atoms with van der Waals surface area (Å²) in [5.74, 6) is 1.43. The van der Waals surface area contributed by atoms with Gasteiger partial charge in [0.05, 0.1) is 13.7 Å². The van der Waals surface area contributed by atoms with Crippen molar-refractivity contribution in [1.29, 1.82) is 0 Å². The molecule has 1 N–H and O–H groups in total. The van der Waals surface area contributed by atoms with Crippen molar-refractivity contribution in [2.75, 3.05) is 45.4 Å². The predicted octanol–water partition coefficient (Wildman–Crippen LogP) is 2.15. The Labute approximate surface area is 122 Å². The lowest BCUT2D eigenvalue weighted by molar-refractivity contribution is 0.0355. The standard InChI is InChI=1S/C16H26N2O2/c1-4-17-16-8-9-20-12-13(16)11-18(2)14-6-5-7-15(10-14)19-3/h5-7,10,13,16-17H,4,8-9,11-12H2,1-3H3. The van der Waals surface area contributed by atoms with Gasteiger partial charge in [0.15, 0.2) is 0 Å². The van der Waals surface area contributed by atoms with Crippen LogP contribution in [0.15, 0.2) is 24.3 Å². The Morgan fingerprint density at radius 2 is 2.30 bits per heavy atom. The van der Waals surface area contributed by atoms with Gasteiger partial charge in [0.1, 0.15) is 5.75 Å². The van der Waals surface area contributed by atoms with E-state index in [1.165, 1.54) is 5.69 Å². The van der Waals surface area contributed by atoms with Crippen molar-refractivity contribution in [2.45, 2.75) is 19.4 Å². The number of hydrogen-bond acceptors (Lipinski definition) is 4. The Morgan fingerprint density at radius 3 is 3.05 bits per heavy atom. The normalized spacial score (nSPS) is 22.6. The number of hydrogen-bond donors (Lipinski definition) is 1. The predicted molar refractivity (Wildman–Crippen MR) is 82.7 cm³/mol. The molecule has 2 unspecified atom stereocenters. The van der Waals surface area contributed by atoms with E-state index in [1.54, 1.807) is 7.11 Å². The number of ether oxygens (including phenoxy) is 2. The van der Waals surface area contributed by atoms with Crippen LogP contribution in [0.2, 0.25) is 0 Å². The second-order valence-corrected chi connectivity index (χ2v) is 5.37. The average Bonchev–Trinajstić information content (AvgIpc) is 2.49. The van der Waals surface area contributed by atoms with Gasteiger partial charge in [-0.25, -0.2) is 0 Å². The average molecular weight is 278 g/mol. The Hall–Kier alpha value is -1.26. The number of rotatable bonds is 6. The lowest BCUT2D eigenvalue weighted by atomic mass is 9.95. The van der Waals surface area contributed by atoms with E-state index in [9.17, 15) is 0 Å². The number of nitrogens with zero attached hydrogens (tertiary/aromatic N) is 1. The summed E-state index contributed by atoms with van der Waals surface area (Å²) in [5.41, 5.74) is 1.19. The monoisotopic (exact) mass is 278 g/mol. The van der Waals surface area contributed by atoms with Crippen molar-refractivity contribution in [1.82, 2.24) is 5.32 Å². The topological polar surface area (TPSA) is 33.7 Å². The zero-order chi connectivity index (χ0) is 14.4. The van der Waals surface area contributed by atoms with Crippen molar-refractivity contribution >= 4 is 5.69 Å². The molecule has 0 amide bonds. The van der Waals surface area contributed by atoms with Crippen LogP contribution in [-0.2, 0) is 4.74 Å². The zero-order valence-corrected chi connectivity index (χ0v) is 12.8. The maximum absolute atomic E-state index is 5.65. The summed E-state index contributed by atoms with van der Waals surface area (Å²) < 4.78 is 10.9. The maximum atomic E-state index is 5.65. The SMILES string of the molecule is CCNC1CCOCC1CN(C)c1cccc(OC)c1. The van der Waals surface area contributed by atoms with Crippen LogP contribution in [0.3, 0.4) is 0 Å². The fourth-order valence-corrected chi connectivity index (χ4v) is 2.81. The molecule has 112 valence electrons. The van der Waals surface area contributed by atoms with Gasteiger partial charge in [-0.05, 0) is 25.1 Å². The van der Waals surface area contributed by atoms with E-state index in [2.05, 4.69) is 36.3 Å². The molecule has 1 saturated heterocycles. The third kappa shape index (κ3) is 3.87. The smallest absolute Gasteiger partial charge is 0.120 e. The molecule has 2 rings (SSSR count). The van der Waals surface area contributed by atoms with Crippen molar-refractivity contribution in [3.8, 4) is 5.75 Å². The Bertz CT molecular complexity index is 409. The molecular weight excluding hydrogens is 252 g/mol. The first-order valence-electron chi connectivity index (χ1n) is 7.41. The quantitative estimate of drug-likeness (QED) is 0.864. The molecular formula is C16H26N2O2. The summed E-state index contributed by atoms with van der Waals surface area (Å²) in [7, 11) is 3.83. The molecule has 2 atom stereocenters. The minimum atomic E-state index is 0.528. The summed E-state index contributed by atoms with van der Waals surface area (Å²) in [6, 6.07) is 8.76. The number of benzene rings is 1. The molecule has 0 radical (unpaired) electrons. The zero-order valence-electron chi connectivity index (χ0n) is 12.8. The fourth-order valence-electron chi connectivity index (χ4n) is 2.81. The first-order valence-corrected chi connectivity index (χ1v) is 7.41. The molecule has 4 nitrogen and oxygen atoms in total. The van der Waals surface area contributed by atoms with Crippen LogP contribution in [0.5, 0.6) is 5.75 Å². The molecule has 1 aliphatic heterocycles. The highest BCUT2D eigenvalue weighted by atomic mass is 16.5. The number of nitrogens with one attached hydrogen (secondary N) is 1. The summed E-state index contributed by atoms with van der Waals surface area (Å²) in [6.07, 6.45) is 1.10. The van der Waals surface area contributed by atoms with Gasteiger partial charge in [-0.2, -0.15) is 0 Å². The molecule has 1 aromatic carbocycles. The second-order valence-electron chi connectivity index (χ2n) is 5.37. The van der Waals surface area contributed by atoms with Gasteiger partial charge in [-0.1, -0.05) is 13.0 Å². The van der Waals surface area contributed by atoms with Gasteiger partial charge in [-0.3, -0.25) is 0 Å². The van der Waals surface area contributed by atoms with E-state index >= 15 is 0 Å². The van der Waals surface area contributed by atoms with Crippen LogP contribution in [0.25, 0.3) is 0 Å². The first kappa shape index (κ1) is 15.1. The number of anilines is 1. The third-order valence-electron chi connectivity index (χ3n) is 3.94. The molecule has 0 saturated carbocycles. The molecule has 0 bridgehead atoms. The second kappa shape index (κ2) is 7.50. The number of methoxy groups -OCH3 is 1. The van der Waals surface area contributed by atoms with E-state index < -0.39 is 0 Å². The molecule has 0 spiro atoms. The minimum absolute atomic E-state index is 0.528. The lowest BCUT2D eigenvalue weighted by Crippen LogP contribution is -2.47. The molecule has 4 heteroatoms. The van der Waals surface area contributed by atoms with Crippen LogP contribution in [-0.4, -0.2) is 46.5 Å². The minimum Gasteiger partial charge on any atom is -0.497 e. The highest BCUT2D eigenvalue weighted by Crippen LogP contribution is 2.23. The van der Waals surface area contributed by atoms with Gasteiger partial charge in [-0.15, -0.1) is 0 Å². The molecule has 1 aromatic rings. The molecule has 0 aliphatic carbocycles. The van der Waals surface area contributed by atoms with Crippen molar-refractivity contribution in [3.05, 3.63) is 24.3 Å². The van der Waals surface area contributed by atoms with E-state index in [0.29, 0.717) is 12.0 Å². The lowest BCUT2D eigenvalue weighted by Gasteiger charge is -2.35. The summed E-state index contributed by atoms with van der Waals surface area (Å²) in [4.78, 5) is 2.28. The third-order valence-corrected chi connectivity index (χ3v) is 3.94. The highest BCUT2D eigenvalue weighted by molar-refractivity contribution is 5.50. The van der Waals surface area contributed by atoms with Crippen molar-refractivity contribution in [2.24, 2.45) is 5.92 Å². The van der Waals surface area contributed by atoms with Gasteiger partial charge in [0, 0.05) is 43.9 Å². The molecule has 0 aromatic heterocycles. The summed E-state index contributed by atoms with van der Waals surface area (Å²) >= 11 is 0. The Kier molecular flexibility index (Phi) is 5.68. The van der Waals surface area contributed by atoms with Gasteiger partial charge in [0.25, 0.3) is 0 Å².